The molecular weight excluding hydrogens is 621 g/mol. The van der Waals surface area contributed by atoms with E-state index in [0.717, 1.165) is 67.3 Å². The normalized spacial score (nSPS) is 31.8. The molecule has 0 saturated heterocycles. The van der Waals surface area contributed by atoms with Crippen molar-refractivity contribution in [1.29, 1.82) is 0 Å². The van der Waals surface area contributed by atoms with Gasteiger partial charge in [-0.2, -0.15) is 4.39 Å². The molecule has 2 bridgehead atoms. The minimum Gasteiger partial charge on any atom is -0.490 e. The number of fused-ring (bicyclic) bond motifs is 4. The molecule has 6 nitrogen and oxygen atoms in total. The summed E-state index contributed by atoms with van der Waals surface area (Å²) in [6.07, 6.45) is 10.1. The molecule has 2 aliphatic carbocycles. The fraction of sp³-hybridized carbons (Fsp3) is 0.459. The minimum absolute atomic E-state index is 0.0318. The molecule has 0 radical (unpaired) electrons. The molecule has 1 amide bonds. The summed E-state index contributed by atoms with van der Waals surface area (Å²) in [6.45, 7) is 6.00. The van der Waals surface area contributed by atoms with E-state index in [2.05, 4.69) is 45.8 Å². The monoisotopic (exact) mass is 661 g/mol. The van der Waals surface area contributed by atoms with Crippen LogP contribution in [-0.4, -0.2) is 40.0 Å². The lowest BCUT2D eigenvalue weighted by atomic mass is 9.65. The lowest BCUT2D eigenvalue weighted by molar-refractivity contribution is 0.0982. The molecule has 1 aromatic heterocycles. The van der Waals surface area contributed by atoms with Crippen LogP contribution in [0.25, 0.3) is 0 Å². The SMILES string of the molecule is CC1C/C=C/C(c2cccc(F)n2)C2CCC2CN2C[C@@]3(CCCc4cc(Cl)ccc43)COc3ccc(cc32)C(=O)NS(=O)C1C. The van der Waals surface area contributed by atoms with E-state index < -0.39 is 16.9 Å². The van der Waals surface area contributed by atoms with Crippen molar-refractivity contribution in [1.82, 2.24) is 9.71 Å². The largest absolute Gasteiger partial charge is 0.490 e. The Morgan fingerprint density at radius 2 is 2.00 bits per heavy atom. The van der Waals surface area contributed by atoms with Crippen LogP contribution < -0.4 is 14.4 Å². The number of carbonyl (C=O) groups excluding carboxylic acids is 1. The number of nitrogens with one attached hydrogen (secondary N) is 1. The van der Waals surface area contributed by atoms with Crippen LogP contribution in [0.3, 0.4) is 0 Å². The summed E-state index contributed by atoms with van der Waals surface area (Å²) in [5.41, 5.74) is 4.42. The van der Waals surface area contributed by atoms with Crippen molar-refractivity contribution in [2.45, 2.75) is 69.0 Å². The molecule has 3 aromatic rings. The first-order valence-electron chi connectivity index (χ1n) is 16.5. The van der Waals surface area contributed by atoms with Gasteiger partial charge in [-0.15, -0.1) is 0 Å². The van der Waals surface area contributed by atoms with Gasteiger partial charge in [0.1, 0.15) is 16.7 Å². The second-order valence-electron chi connectivity index (χ2n) is 13.8. The highest BCUT2D eigenvalue weighted by molar-refractivity contribution is 7.84. The van der Waals surface area contributed by atoms with Gasteiger partial charge in [0.2, 0.25) is 5.95 Å². The number of rotatable bonds is 1. The Kier molecular flexibility index (Phi) is 8.70. The maximum absolute atomic E-state index is 14.4. The number of pyridine rings is 1. The van der Waals surface area contributed by atoms with Crippen LogP contribution in [0.1, 0.15) is 79.0 Å². The molecule has 2 aromatic carbocycles. The number of hydrogen-bond donors (Lipinski definition) is 1. The zero-order valence-corrected chi connectivity index (χ0v) is 28.0. The van der Waals surface area contributed by atoms with Gasteiger partial charge >= 0.3 is 0 Å². The Morgan fingerprint density at radius 3 is 2.80 bits per heavy atom. The fourth-order valence-electron chi connectivity index (χ4n) is 7.99. The number of ether oxygens (including phenoxy) is 1. The highest BCUT2D eigenvalue weighted by Gasteiger charge is 2.44. The lowest BCUT2D eigenvalue weighted by Crippen LogP contribution is -2.49. The molecule has 9 heteroatoms. The second-order valence-corrected chi connectivity index (χ2v) is 15.8. The third kappa shape index (κ3) is 5.99. The molecule has 3 heterocycles. The zero-order chi connectivity index (χ0) is 32.0. The Hall–Kier alpha value is -3.23. The zero-order valence-electron chi connectivity index (χ0n) is 26.4. The quantitative estimate of drug-likeness (QED) is 0.216. The average Bonchev–Trinajstić information content (AvgIpc) is 3.18. The molecule has 6 unspecified atom stereocenters. The molecule has 4 aliphatic rings. The first-order valence-corrected chi connectivity index (χ1v) is 18.1. The number of aryl methyl sites for hydroxylation is 1. The van der Waals surface area contributed by atoms with Crippen LogP contribution in [0.2, 0.25) is 5.02 Å². The van der Waals surface area contributed by atoms with Gasteiger partial charge < -0.3 is 9.64 Å². The van der Waals surface area contributed by atoms with Crippen LogP contribution in [0.15, 0.2) is 66.7 Å². The minimum atomic E-state index is -1.57. The van der Waals surface area contributed by atoms with E-state index in [4.69, 9.17) is 16.3 Å². The predicted octanol–water partition coefficient (Wildman–Crippen LogP) is 7.54. The smallest absolute Gasteiger partial charge is 0.263 e. The third-order valence-electron chi connectivity index (χ3n) is 11.0. The summed E-state index contributed by atoms with van der Waals surface area (Å²) in [7, 11) is -1.57. The van der Waals surface area contributed by atoms with Crippen molar-refractivity contribution in [3.05, 3.63) is 100 Å². The van der Waals surface area contributed by atoms with Crippen molar-refractivity contribution in [3.8, 4) is 5.75 Å². The maximum Gasteiger partial charge on any atom is 0.263 e. The molecule has 1 fully saturated rings. The van der Waals surface area contributed by atoms with Gasteiger partial charge in [0.05, 0.1) is 23.2 Å². The van der Waals surface area contributed by atoms with E-state index in [1.165, 1.54) is 17.2 Å². The number of aromatic nitrogens is 1. The summed E-state index contributed by atoms with van der Waals surface area (Å²) >= 11 is 6.44. The molecule has 7 rings (SSSR count). The molecule has 2 aliphatic heterocycles. The van der Waals surface area contributed by atoms with E-state index in [-0.39, 0.29) is 34.3 Å². The van der Waals surface area contributed by atoms with Gasteiger partial charge in [-0.1, -0.05) is 42.8 Å². The van der Waals surface area contributed by atoms with Gasteiger partial charge in [-0.05, 0) is 117 Å². The fourth-order valence-corrected chi connectivity index (χ4v) is 9.20. The first-order chi connectivity index (χ1) is 22.2. The van der Waals surface area contributed by atoms with Crippen molar-refractivity contribution < 1.29 is 18.1 Å². The summed E-state index contributed by atoms with van der Waals surface area (Å²) in [4.78, 5) is 20.2. The van der Waals surface area contributed by atoms with Gasteiger partial charge in [0.15, 0.2) is 0 Å². The average molecular weight is 662 g/mol. The Morgan fingerprint density at radius 1 is 1.13 bits per heavy atom. The number of carbonyl (C=O) groups is 1. The summed E-state index contributed by atoms with van der Waals surface area (Å²) in [6, 6.07) is 16.9. The van der Waals surface area contributed by atoms with E-state index in [0.29, 0.717) is 24.5 Å². The van der Waals surface area contributed by atoms with Gasteiger partial charge in [-0.25, -0.2) is 9.19 Å². The van der Waals surface area contributed by atoms with Crippen molar-refractivity contribution in [2.24, 2.45) is 17.8 Å². The van der Waals surface area contributed by atoms with Crippen molar-refractivity contribution in [3.63, 3.8) is 0 Å². The standard InChI is InChI=1S/C37H41ClFN3O3S/c1-23-6-3-8-30(32-9-4-10-35(39)40-32)29-14-11-27(29)20-42-21-37(17-5-7-25-18-28(38)13-15-31(25)37)22-45-34-16-12-26(19-33(34)42)36(43)41-46(44)24(23)2/h3-4,8-10,12-13,15-16,18-19,23-24,27,29-30H,5-7,11,14,17,20-22H2,1-2H3,(H,41,43)/b8-3+/t23?,24?,27?,29?,30?,37-,46?/m0/s1. The van der Waals surface area contributed by atoms with E-state index >= 15 is 0 Å². The summed E-state index contributed by atoms with van der Waals surface area (Å²) < 4.78 is 37.1. The predicted molar refractivity (Wildman–Crippen MR) is 181 cm³/mol. The number of amides is 1. The van der Waals surface area contributed by atoms with Crippen molar-refractivity contribution in [2.75, 3.05) is 24.6 Å². The number of halogens is 2. The van der Waals surface area contributed by atoms with Crippen molar-refractivity contribution >= 4 is 34.2 Å². The first kappa shape index (κ1) is 31.4. The van der Waals surface area contributed by atoms with Gasteiger partial charge in [0, 0.05) is 35.0 Å². The van der Waals surface area contributed by atoms with E-state index in [9.17, 15) is 13.4 Å². The Bertz CT molecular complexity index is 1700. The molecule has 1 N–H and O–H groups in total. The number of allylic oxidation sites excluding steroid dienone is 2. The summed E-state index contributed by atoms with van der Waals surface area (Å²) in [5, 5.41) is 0.488. The molecule has 7 atom stereocenters. The van der Waals surface area contributed by atoms with Gasteiger partial charge in [0.25, 0.3) is 5.91 Å². The Labute approximate surface area is 278 Å². The molecule has 1 saturated carbocycles. The third-order valence-corrected chi connectivity index (χ3v) is 12.7. The van der Waals surface area contributed by atoms with Crippen LogP contribution in [0, 0.1) is 23.7 Å². The lowest BCUT2D eigenvalue weighted by Gasteiger charge is -2.46. The molecule has 242 valence electrons. The number of benzene rings is 2. The second kappa shape index (κ2) is 12.8. The highest BCUT2D eigenvalue weighted by atomic mass is 35.5. The van der Waals surface area contributed by atoms with E-state index in [1.54, 1.807) is 12.1 Å². The molecule has 1 spiro atoms. The topological polar surface area (TPSA) is 71.5 Å². The number of anilines is 1. The van der Waals surface area contributed by atoms with Crippen LogP contribution in [0.5, 0.6) is 5.75 Å². The molecule has 46 heavy (non-hydrogen) atoms. The van der Waals surface area contributed by atoms with Crippen LogP contribution >= 0.6 is 11.6 Å². The number of nitrogens with zero attached hydrogens (tertiary/aromatic N) is 2. The summed E-state index contributed by atoms with van der Waals surface area (Å²) in [5.74, 6) is 0.583. The van der Waals surface area contributed by atoms with Crippen LogP contribution in [0.4, 0.5) is 10.1 Å². The highest BCUT2D eigenvalue weighted by Crippen LogP contribution is 2.49. The van der Waals surface area contributed by atoms with E-state index in [1.807, 2.05) is 31.2 Å². The van der Waals surface area contributed by atoms with Gasteiger partial charge in [-0.3, -0.25) is 9.52 Å². The Balaban J connectivity index is 1.31. The maximum atomic E-state index is 14.4. The van der Waals surface area contributed by atoms with Crippen LogP contribution in [-0.2, 0) is 22.8 Å². The molecular formula is C37H41ClFN3O3S. The number of hydrogen-bond acceptors (Lipinski definition) is 5.